The van der Waals surface area contributed by atoms with Crippen molar-refractivity contribution in [1.82, 2.24) is 15.1 Å². The number of nitrogens with one attached hydrogen (secondary N) is 1. The van der Waals surface area contributed by atoms with Crippen molar-refractivity contribution in [3.8, 4) is 0 Å². The van der Waals surface area contributed by atoms with E-state index in [-0.39, 0.29) is 0 Å². The van der Waals surface area contributed by atoms with Crippen LogP contribution in [0.3, 0.4) is 0 Å². The molecule has 0 saturated heterocycles. The van der Waals surface area contributed by atoms with Crippen LogP contribution in [-0.2, 0) is 12.8 Å². The fraction of sp³-hybridized carbons (Fsp3) is 0.267. The van der Waals surface area contributed by atoms with E-state index in [4.69, 9.17) is 4.52 Å². The van der Waals surface area contributed by atoms with Crippen LogP contribution < -0.4 is 5.32 Å². The third-order valence-electron chi connectivity index (χ3n) is 3.14. The average Bonchev–Trinajstić information content (AvgIpc) is 2.91. The predicted octanol–water partition coefficient (Wildman–Crippen LogP) is 3.49. The third kappa shape index (κ3) is 2.22. The van der Waals surface area contributed by atoms with Crippen molar-refractivity contribution in [1.29, 1.82) is 0 Å². The van der Waals surface area contributed by atoms with Crippen LogP contribution in [0.5, 0.6) is 0 Å². The highest BCUT2D eigenvalue weighted by Gasteiger charge is 2.16. The summed E-state index contributed by atoms with van der Waals surface area (Å²) < 4.78 is 5.32. The first kappa shape index (κ1) is 12.6. The zero-order chi connectivity index (χ0) is 13.9. The molecule has 3 rings (SSSR count). The van der Waals surface area contributed by atoms with Crippen molar-refractivity contribution >= 4 is 22.6 Å². The van der Waals surface area contributed by atoms with Crippen LogP contribution in [0.15, 0.2) is 34.9 Å². The van der Waals surface area contributed by atoms with E-state index in [2.05, 4.69) is 20.4 Å². The van der Waals surface area contributed by atoms with E-state index in [9.17, 15) is 0 Å². The van der Waals surface area contributed by atoms with Crippen LogP contribution in [0.25, 0.3) is 11.1 Å². The van der Waals surface area contributed by atoms with Crippen LogP contribution in [0.4, 0.5) is 11.5 Å². The molecule has 0 amide bonds. The van der Waals surface area contributed by atoms with E-state index in [1.54, 1.807) is 0 Å². The van der Waals surface area contributed by atoms with Gasteiger partial charge in [-0.05, 0) is 18.6 Å². The Balaban J connectivity index is 2.13. The van der Waals surface area contributed by atoms with E-state index in [0.717, 1.165) is 41.3 Å². The second-order valence-electron chi connectivity index (χ2n) is 4.50. The topological polar surface area (TPSA) is 63.8 Å². The second-order valence-corrected chi connectivity index (χ2v) is 4.50. The van der Waals surface area contributed by atoms with E-state index >= 15 is 0 Å². The van der Waals surface area contributed by atoms with Gasteiger partial charge in [-0.2, -0.15) is 4.98 Å². The lowest BCUT2D eigenvalue weighted by atomic mass is 10.2. The van der Waals surface area contributed by atoms with Crippen LogP contribution >= 0.6 is 0 Å². The number of aryl methyl sites for hydroxylation is 2. The zero-order valence-electron chi connectivity index (χ0n) is 11.6. The molecule has 0 aliphatic heterocycles. The molecule has 2 heterocycles. The summed E-state index contributed by atoms with van der Waals surface area (Å²) in [5.74, 6) is 1.51. The summed E-state index contributed by atoms with van der Waals surface area (Å²) in [5.41, 5.74) is 2.41. The Bertz CT molecular complexity index is 721. The minimum atomic E-state index is 0.548. The smallest absolute Gasteiger partial charge is 0.263 e. The van der Waals surface area contributed by atoms with Gasteiger partial charge in [-0.25, -0.2) is 4.98 Å². The van der Waals surface area contributed by atoms with Crippen molar-refractivity contribution in [2.24, 2.45) is 0 Å². The van der Waals surface area contributed by atoms with Gasteiger partial charge in [0.05, 0.1) is 5.69 Å². The van der Waals surface area contributed by atoms with Gasteiger partial charge in [0.2, 0.25) is 0 Å². The summed E-state index contributed by atoms with van der Waals surface area (Å²) in [6, 6.07) is 9.94. The van der Waals surface area contributed by atoms with Crippen molar-refractivity contribution in [2.75, 3.05) is 5.32 Å². The number of benzene rings is 1. The van der Waals surface area contributed by atoms with Gasteiger partial charge in [0.25, 0.3) is 5.71 Å². The lowest BCUT2D eigenvalue weighted by Gasteiger charge is -2.07. The lowest BCUT2D eigenvalue weighted by Crippen LogP contribution is -2.01. The van der Waals surface area contributed by atoms with Gasteiger partial charge in [0.1, 0.15) is 17.0 Å². The number of aromatic nitrogens is 3. The van der Waals surface area contributed by atoms with Crippen molar-refractivity contribution in [3.05, 3.63) is 41.9 Å². The molecule has 1 N–H and O–H groups in total. The van der Waals surface area contributed by atoms with Crippen molar-refractivity contribution in [3.63, 3.8) is 0 Å². The number of fused-ring (bicyclic) bond motifs is 1. The van der Waals surface area contributed by atoms with E-state index in [1.807, 2.05) is 44.2 Å². The molecule has 5 nitrogen and oxygen atoms in total. The molecule has 0 spiro atoms. The Kier molecular flexibility index (Phi) is 3.33. The number of hydrogen-bond donors (Lipinski definition) is 1. The molecule has 0 radical (unpaired) electrons. The molecule has 2 aromatic heterocycles. The molecule has 0 unspecified atom stereocenters. The predicted molar refractivity (Wildman–Crippen MR) is 78.1 cm³/mol. The van der Waals surface area contributed by atoms with Gasteiger partial charge < -0.3 is 9.84 Å². The third-order valence-corrected chi connectivity index (χ3v) is 3.14. The summed E-state index contributed by atoms with van der Waals surface area (Å²) in [6.45, 7) is 4.06. The summed E-state index contributed by atoms with van der Waals surface area (Å²) in [6.07, 6.45) is 1.53. The quantitative estimate of drug-likeness (QED) is 0.784. The SMILES string of the molecule is CCc1nc(Nc2ccccc2)c2c(CC)noc2n1. The summed E-state index contributed by atoms with van der Waals surface area (Å²) in [7, 11) is 0. The minimum absolute atomic E-state index is 0.548. The molecule has 20 heavy (non-hydrogen) atoms. The molecule has 0 fully saturated rings. The maximum absolute atomic E-state index is 5.32. The Morgan fingerprint density at radius 1 is 1.05 bits per heavy atom. The van der Waals surface area contributed by atoms with Crippen LogP contribution in [0.1, 0.15) is 25.4 Å². The number of anilines is 2. The summed E-state index contributed by atoms with van der Waals surface area (Å²) >= 11 is 0. The maximum atomic E-state index is 5.32. The Morgan fingerprint density at radius 3 is 2.55 bits per heavy atom. The second kappa shape index (κ2) is 5.28. The number of nitrogens with zero attached hydrogens (tertiary/aromatic N) is 3. The zero-order valence-corrected chi connectivity index (χ0v) is 11.6. The normalized spacial score (nSPS) is 10.9. The van der Waals surface area contributed by atoms with Crippen LogP contribution in [0.2, 0.25) is 0 Å². The van der Waals surface area contributed by atoms with Gasteiger partial charge in [-0.3, -0.25) is 0 Å². The molecule has 3 aromatic rings. The molecule has 102 valence electrons. The fourth-order valence-electron chi connectivity index (χ4n) is 2.10. The highest BCUT2D eigenvalue weighted by molar-refractivity contribution is 5.89. The first-order valence-corrected chi connectivity index (χ1v) is 6.79. The van der Waals surface area contributed by atoms with Crippen LogP contribution in [-0.4, -0.2) is 15.1 Å². The maximum Gasteiger partial charge on any atom is 0.263 e. The van der Waals surface area contributed by atoms with Gasteiger partial charge in [0.15, 0.2) is 0 Å². The monoisotopic (exact) mass is 268 g/mol. The fourth-order valence-corrected chi connectivity index (χ4v) is 2.10. The van der Waals surface area contributed by atoms with Gasteiger partial charge in [-0.15, -0.1) is 0 Å². The number of rotatable bonds is 4. The Hall–Kier alpha value is -2.43. The Labute approximate surface area is 117 Å². The first-order chi connectivity index (χ1) is 9.81. The molecular weight excluding hydrogens is 252 g/mol. The first-order valence-electron chi connectivity index (χ1n) is 6.79. The summed E-state index contributed by atoms with van der Waals surface area (Å²) in [4.78, 5) is 8.96. The van der Waals surface area contributed by atoms with E-state index in [0.29, 0.717) is 5.71 Å². The molecule has 5 heteroatoms. The van der Waals surface area contributed by atoms with Gasteiger partial charge in [-0.1, -0.05) is 37.2 Å². The van der Waals surface area contributed by atoms with E-state index in [1.165, 1.54) is 0 Å². The lowest BCUT2D eigenvalue weighted by molar-refractivity contribution is 0.439. The average molecular weight is 268 g/mol. The van der Waals surface area contributed by atoms with Crippen molar-refractivity contribution in [2.45, 2.75) is 26.7 Å². The number of hydrogen-bond acceptors (Lipinski definition) is 5. The van der Waals surface area contributed by atoms with Gasteiger partial charge in [0, 0.05) is 12.1 Å². The largest absolute Gasteiger partial charge is 0.339 e. The summed E-state index contributed by atoms with van der Waals surface area (Å²) in [5, 5.41) is 8.27. The molecule has 0 bridgehead atoms. The molecule has 0 aliphatic carbocycles. The van der Waals surface area contributed by atoms with Crippen LogP contribution in [0, 0.1) is 0 Å². The van der Waals surface area contributed by atoms with E-state index < -0.39 is 0 Å². The molecule has 0 saturated carbocycles. The standard InChI is InChI=1S/C15H16N4O/c1-3-11-13-14(16-10-8-6-5-7-9-10)17-12(4-2)18-15(13)20-19-11/h5-9H,3-4H2,1-2H3,(H,16,17,18). The number of para-hydroxylation sites is 1. The van der Waals surface area contributed by atoms with Crippen molar-refractivity contribution < 1.29 is 4.52 Å². The molecular formula is C15H16N4O. The Morgan fingerprint density at radius 2 is 1.85 bits per heavy atom. The van der Waals surface area contributed by atoms with Gasteiger partial charge >= 0.3 is 0 Å². The molecule has 1 aromatic carbocycles. The highest BCUT2D eigenvalue weighted by atomic mass is 16.5. The molecule has 0 aliphatic rings. The molecule has 0 atom stereocenters. The minimum Gasteiger partial charge on any atom is -0.339 e. The highest BCUT2D eigenvalue weighted by Crippen LogP contribution is 2.27.